The van der Waals surface area contributed by atoms with Gasteiger partial charge in [0.2, 0.25) is 0 Å². The molecule has 0 saturated carbocycles. The van der Waals surface area contributed by atoms with Gasteiger partial charge in [-0.05, 0) is 137 Å². The lowest BCUT2D eigenvalue weighted by Gasteiger charge is -2.27. The van der Waals surface area contributed by atoms with Crippen LogP contribution >= 0.6 is 0 Å². The minimum atomic E-state index is 1.07. The summed E-state index contributed by atoms with van der Waals surface area (Å²) in [5, 5.41) is 8.82. The molecule has 0 amide bonds. The quantitative estimate of drug-likeness (QED) is 0.159. The molecule has 1 aromatic heterocycles. The molecule has 0 aliphatic heterocycles. The Hall–Kier alpha value is -5.21. The van der Waals surface area contributed by atoms with Crippen molar-refractivity contribution in [3.63, 3.8) is 0 Å². The average molecular weight is 553 g/mol. The fraction of sp³-hybridized carbons (Fsp3) is 0.0976. The predicted octanol–water partition coefficient (Wildman–Crippen LogP) is 11.5. The van der Waals surface area contributed by atoms with Gasteiger partial charge in [0, 0.05) is 34.0 Å². The molecule has 0 atom stereocenters. The molecule has 2 heteroatoms. The van der Waals surface area contributed by atoms with E-state index < -0.39 is 0 Å². The molecule has 206 valence electrons. The van der Waals surface area contributed by atoms with Gasteiger partial charge < -0.3 is 4.90 Å². The third-order valence-electron chi connectivity index (χ3n) is 8.72. The summed E-state index contributed by atoms with van der Waals surface area (Å²) in [7, 11) is 0. The lowest BCUT2D eigenvalue weighted by atomic mass is 9.89. The van der Waals surface area contributed by atoms with E-state index in [1.165, 1.54) is 82.5 Å². The second kappa shape index (κ2) is 9.68. The maximum atomic E-state index is 4.76. The minimum absolute atomic E-state index is 1.07. The first-order valence-electron chi connectivity index (χ1n) is 15.0. The molecule has 0 aliphatic rings. The molecule has 8 aromatic rings. The zero-order valence-corrected chi connectivity index (χ0v) is 24.9. The van der Waals surface area contributed by atoms with Crippen LogP contribution < -0.4 is 4.90 Å². The molecule has 0 aliphatic carbocycles. The van der Waals surface area contributed by atoms with Gasteiger partial charge in [0.15, 0.2) is 0 Å². The molecule has 0 saturated heterocycles. The number of nitrogens with zero attached hydrogens (tertiary/aromatic N) is 2. The molecule has 0 N–H and O–H groups in total. The van der Waals surface area contributed by atoms with E-state index >= 15 is 0 Å². The third kappa shape index (κ3) is 4.21. The highest BCUT2D eigenvalue weighted by atomic mass is 15.1. The molecule has 2 nitrogen and oxygen atoms in total. The van der Waals surface area contributed by atoms with Crippen LogP contribution in [-0.2, 0) is 0 Å². The van der Waals surface area contributed by atoms with E-state index in [2.05, 4.69) is 142 Å². The van der Waals surface area contributed by atoms with E-state index in [1.807, 2.05) is 12.3 Å². The number of hydrogen-bond donors (Lipinski definition) is 0. The van der Waals surface area contributed by atoms with Crippen LogP contribution in [0.5, 0.6) is 0 Å². The lowest BCUT2D eigenvalue weighted by Crippen LogP contribution is -2.11. The summed E-state index contributed by atoms with van der Waals surface area (Å²) < 4.78 is 0. The highest BCUT2D eigenvalue weighted by Crippen LogP contribution is 2.42. The number of pyridine rings is 1. The van der Waals surface area contributed by atoms with Crippen molar-refractivity contribution in [2.24, 2.45) is 0 Å². The van der Waals surface area contributed by atoms with Crippen LogP contribution in [0.3, 0.4) is 0 Å². The summed E-state index contributed by atoms with van der Waals surface area (Å²) in [6.07, 6.45) is 1.89. The number of hydrogen-bond acceptors (Lipinski definition) is 2. The van der Waals surface area contributed by atoms with E-state index in [0.29, 0.717) is 0 Å². The van der Waals surface area contributed by atoms with Crippen molar-refractivity contribution in [3.05, 3.63) is 144 Å². The Balaban J connectivity index is 1.30. The topological polar surface area (TPSA) is 16.1 Å². The second-order valence-corrected chi connectivity index (χ2v) is 12.1. The van der Waals surface area contributed by atoms with Crippen LogP contribution in [0, 0.1) is 27.7 Å². The van der Waals surface area contributed by atoms with Gasteiger partial charge in [0.05, 0.1) is 5.52 Å². The van der Waals surface area contributed by atoms with Crippen molar-refractivity contribution in [2.45, 2.75) is 27.7 Å². The largest absolute Gasteiger partial charge is 0.310 e. The Bertz CT molecular complexity index is 2240. The molecule has 0 fully saturated rings. The van der Waals surface area contributed by atoms with Gasteiger partial charge in [-0.1, -0.05) is 66.7 Å². The van der Waals surface area contributed by atoms with E-state index in [1.54, 1.807) is 0 Å². The third-order valence-corrected chi connectivity index (χ3v) is 8.72. The van der Waals surface area contributed by atoms with Crippen molar-refractivity contribution in [2.75, 3.05) is 4.90 Å². The van der Waals surface area contributed by atoms with Crippen LogP contribution in [0.4, 0.5) is 17.1 Å². The summed E-state index contributed by atoms with van der Waals surface area (Å²) in [4.78, 5) is 7.14. The second-order valence-electron chi connectivity index (χ2n) is 12.1. The molecule has 43 heavy (non-hydrogen) atoms. The SMILES string of the molecule is Cc1cc(C)cc(N(c2ccc(-c3ccc4ccc5cc6cccnc6c6ccc3c4c56)cc2)c2cc(C)cc(C)c2)c1. The van der Waals surface area contributed by atoms with Crippen LogP contribution in [0.15, 0.2) is 121 Å². The number of rotatable bonds is 4. The molecule has 0 bridgehead atoms. The van der Waals surface area contributed by atoms with E-state index in [9.17, 15) is 0 Å². The Morgan fingerprint density at radius 2 is 1.05 bits per heavy atom. The molecular formula is C41H32N2. The number of aryl methyl sites for hydroxylation is 4. The molecule has 0 unspecified atom stereocenters. The normalized spacial score (nSPS) is 11.7. The van der Waals surface area contributed by atoms with E-state index in [0.717, 1.165) is 11.2 Å². The fourth-order valence-corrected chi connectivity index (χ4v) is 7.07. The standard InChI is InChI=1S/C41H32N2/c1-25-18-26(2)21-34(20-25)43(35-22-27(3)19-28(4)23-35)33-12-9-29(10-13-33)36-14-11-30-7-8-31-24-32-6-5-17-42-41(32)38-16-15-37(36)39(30)40(31)38/h5-24H,1-4H3. The summed E-state index contributed by atoms with van der Waals surface area (Å²) in [5.74, 6) is 0. The van der Waals surface area contributed by atoms with Gasteiger partial charge in [-0.2, -0.15) is 0 Å². The molecule has 0 radical (unpaired) electrons. The van der Waals surface area contributed by atoms with E-state index in [-0.39, 0.29) is 0 Å². The smallest absolute Gasteiger partial charge is 0.0780 e. The van der Waals surface area contributed by atoms with Crippen molar-refractivity contribution < 1.29 is 0 Å². The zero-order chi connectivity index (χ0) is 29.2. The van der Waals surface area contributed by atoms with Gasteiger partial charge in [-0.3, -0.25) is 4.98 Å². The molecule has 7 aromatic carbocycles. The van der Waals surface area contributed by atoms with Crippen LogP contribution in [0.1, 0.15) is 22.3 Å². The summed E-state index contributed by atoms with van der Waals surface area (Å²) in [6, 6.07) is 42.7. The van der Waals surface area contributed by atoms with Gasteiger partial charge in [-0.15, -0.1) is 0 Å². The zero-order valence-electron chi connectivity index (χ0n) is 24.9. The van der Waals surface area contributed by atoms with Crippen LogP contribution in [-0.4, -0.2) is 4.98 Å². The Morgan fingerprint density at radius 1 is 0.465 bits per heavy atom. The summed E-state index contributed by atoms with van der Waals surface area (Å²) >= 11 is 0. The minimum Gasteiger partial charge on any atom is -0.310 e. The monoisotopic (exact) mass is 552 g/mol. The van der Waals surface area contributed by atoms with Gasteiger partial charge in [-0.25, -0.2) is 0 Å². The maximum absolute atomic E-state index is 4.76. The van der Waals surface area contributed by atoms with Crippen molar-refractivity contribution in [1.82, 2.24) is 4.98 Å². The highest BCUT2D eigenvalue weighted by molar-refractivity contribution is 6.29. The maximum Gasteiger partial charge on any atom is 0.0780 e. The van der Waals surface area contributed by atoms with Gasteiger partial charge in [0.25, 0.3) is 0 Å². The van der Waals surface area contributed by atoms with Gasteiger partial charge >= 0.3 is 0 Å². The Kier molecular flexibility index (Phi) is 5.74. The predicted molar refractivity (Wildman–Crippen MR) is 185 cm³/mol. The van der Waals surface area contributed by atoms with Crippen LogP contribution in [0.2, 0.25) is 0 Å². The summed E-state index contributed by atoms with van der Waals surface area (Å²) in [6.45, 7) is 8.69. The van der Waals surface area contributed by atoms with Crippen LogP contribution in [0.25, 0.3) is 54.3 Å². The molecule has 8 rings (SSSR count). The molecule has 1 heterocycles. The van der Waals surface area contributed by atoms with Crippen molar-refractivity contribution in [1.29, 1.82) is 0 Å². The molecular weight excluding hydrogens is 520 g/mol. The van der Waals surface area contributed by atoms with E-state index in [4.69, 9.17) is 4.98 Å². The molecule has 0 spiro atoms. The first-order chi connectivity index (χ1) is 20.9. The Labute approximate surface area is 252 Å². The van der Waals surface area contributed by atoms with Gasteiger partial charge in [0.1, 0.15) is 0 Å². The number of aromatic nitrogens is 1. The van der Waals surface area contributed by atoms with Crippen molar-refractivity contribution in [3.8, 4) is 11.1 Å². The first kappa shape index (κ1) is 25.5. The fourth-order valence-electron chi connectivity index (χ4n) is 7.07. The average Bonchev–Trinajstić information content (AvgIpc) is 2.99. The highest BCUT2D eigenvalue weighted by Gasteiger charge is 2.17. The summed E-state index contributed by atoms with van der Waals surface area (Å²) in [5.41, 5.74) is 12.1. The number of benzene rings is 7. The number of anilines is 3. The lowest BCUT2D eigenvalue weighted by molar-refractivity contribution is 1.23. The van der Waals surface area contributed by atoms with Crippen molar-refractivity contribution >= 4 is 60.3 Å². The first-order valence-corrected chi connectivity index (χ1v) is 15.0. The Morgan fingerprint density at radius 3 is 1.72 bits per heavy atom. The number of fused-ring (bicyclic) bond motifs is 2.